The number of carbonyl (C=O) groups excluding carboxylic acids is 1. The van der Waals surface area contributed by atoms with Gasteiger partial charge in [-0.1, -0.05) is 6.58 Å². The number of pyridine rings is 1. The molecule has 23 heavy (non-hydrogen) atoms. The lowest BCUT2D eigenvalue weighted by Gasteiger charge is -2.15. The average Bonchev–Trinajstić information content (AvgIpc) is 2.54. The number of hydrogen-bond donors (Lipinski definition) is 1. The molecule has 0 fully saturated rings. The summed E-state index contributed by atoms with van der Waals surface area (Å²) in [5, 5.41) is 0.634. The normalized spacial score (nSPS) is 10.4. The minimum Gasteiger partial charge on any atom is -0.496 e. The second-order valence-electron chi connectivity index (χ2n) is 5.07. The number of Topliss-reactive ketones (excluding diaryl/α,β-unsaturated/α-hetero) is 1. The molecule has 0 unspecified atom stereocenters. The van der Waals surface area contributed by atoms with Gasteiger partial charge in [0.2, 0.25) is 0 Å². The fourth-order valence-electron chi connectivity index (χ4n) is 2.40. The van der Waals surface area contributed by atoms with Crippen molar-refractivity contribution in [3.63, 3.8) is 0 Å². The van der Waals surface area contributed by atoms with E-state index >= 15 is 0 Å². The molecule has 1 heterocycles. The number of aromatic amines is 1. The summed E-state index contributed by atoms with van der Waals surface area (Å²) in [5.74, 6) is 1.02. The summed E-state index contributed by atoms with van der Waals surface area (Å²) >= 11 is 0. The zero-order valence-electron chi connectivity index (χ0n) is 13.6. The van der Waals surface area contributed by atoms with Gasteiger partial charge in [-0.3, -0.25) is 9.59 Å². The summed E-state index contributed by atoms with van der Waals surface area (Å²) in [6, 6.07) is 3.46. The number of ether oxygens (including phenoxy) is 3. The maximum atomic E-state index is 12.4. The summed E-state index contributed by atoms with van der Waals surface area (Å²) < 4.78 is 16.0. The van der Waals surface area contributed by atoms with Crippen molar-refractivity contribution in [2.75, 3.05) is 21.3 Å². The standard InChI is InChI=1S/C17H19NO5/c1-9(2)12(19)8-11-15(22-4)10-6-7-13(21-3)16(23-5)14(10)18-17(11)20/h6-7H,1,8H2,2-5H3,(H,18,20). The molecule has 0 atom stereocenters. The van der Waals surface area contributed by atoms with Crippen LogP contribution in [-0.2, 0) is 11.2 Å². The van der Waals surface area contributed by atoms with E-state index in [1.807, 2.05) is 0 Å². The van der Waals surface area contributed by atoms with Gasteiger partial charge in [-0.25, -0.2) is 0 Å². The maximum absolute atomic E-state index is 12.4. The second-order valence-corrected chi connectivity index (χ2v) is 5.07. The van der Waals surface area contributed by atoms with Gasteiger partial charge in [-0.2, -0.15) is 0 Å². The maximum Gasteiger partial charge on any atom is 0.255 e. The lowest BCUT2D eigenvalue weighted by molar-refractivity contribution is -0.114. The first-order chi connectivity index (χ1) is 10.9. The Morgan fingerprint density at radius 2 is 1.78 bits per heavy atom. The van der Waals surface area contributed by atoms with Crippen molar-refractivity contribution in [2.24, 2.45) is 0 Å². The SMILES string of the molecule is C=C(C)C(=O)Cc1c(OC)c2ccc(OC)c(OC)c2[nH]c1=O. The number of nitrogens with one attached hydrogen (secondary N) is 1. The topological polar surface area (TPSA) is 77.6 Å². The summed E-state index contributed by atoms with van der Waals surface area (Å²) in [6.45, 7) is 5.22. The molecule has 6 heteroatoms. The van der Waals surface area contributed by atoms with Crippen molar-refractivity contribution in [1.29, 1.82) is 0 Å². The molecule has 0 aliphatic heterocycles. The summed E-state index contributed by atoms with van der Waals surface area (Å²) in [6.07, 6.45) is -0.0713. The zero-order valence-corrected chi connectivity index (χ0v) is 13.6. The monoisotopic (exact) mass is 317 g/mol. The highest BCUT2D eigenvalue weighted by atomic mass is 16.5. The van der Waals surface area contributed by atoms with Crippen molar-refractivity contribution >= 4 is 16.7 Å². The molecule has 6 nitrogen and oxygen atoms in total. The Morgan fingerprint density at radius 3 is 2.30 bits per heavy atom. The first kappa shape index (κ1) is 16.6. The predicted molar refractivity (Wildman–Crippen MR) is 87.7 cm³/mol. The molecular formula is C17H19NO5. The molecule has 0 saturated heterocycles. The van der Waals surface area contributed by atoms with E-state index in [9.17, 15) is 9.59 Å². The number of hydrogen-bond acceptors (Lipinski definition) is 5. The van der Waals surface area contributed by atoms with Gasteiger partial charge in [0.25, 0.3) is 5.56 Å². The molecule has 0 aliphatic rings. The number of ketones is 1. The van der Waals surface area contributed by atoms with E-state index in [-0.39, 0.29) is 17.8 Å². The van der Waals surface area contributed by atoms with Gasteiger partial charge < -0.3 is 19.2 Å². The third-order valence-electron chi connectivity index (χ3n) is 3.59. The third-order valence-corrected chi connectivity index (χ3v) is 3.59. The van der Waals surface area contributed by atoms with E-state index < -0.39 is 5.56 Å². The summed E-state index contributed by atoms with van der Waals surface area (Å²) in [7, 11) is 4.46. The van der Waals surface area contributed by atoms with Gasteiger partial charge >= 0.3 is 0 Å². The van der Waals surface area contributed by atoms with Gasteiger partial charge in [-0.05, 0) is 24.6 Å². The molecular weight excluding hydrogens is 298 g/mol. The molecule has 2 rings (SSSR count). The molecule has 0 amide bonds. The van der Waals surface area contributed by atoms with Crippen molar-refractivity contribution in [3.8, 4) is 17.2 Å². The van der Waals surface area contributed by atoms with Crippen LogP contribution in [0.3, 0.4) is 0 Å². The number of allylic oxidation sites excluding steroid dienone is 1. The van der Waals surface area contributed by atoms with Crippen LogP contribution in [0.1, 0.15) is 12.5 Å². The van der Waals surface area contributed by atoms with Crippen molar-refractivity contribution in [2.45, 2.75) is 13.3 Å². The van der Waals surface area contributed by atoms with Gasteiger partial charge in [-0.15, -0.1) is 0 Å². The number of rotatable bonds is 6. The second kappa shape index (κ2) is 6.56. The van der Waals surface area contributed by atoms with Crippen LogP contribution < -0.4 is 19.8 Å². The minimum absolute atomic E-state index is 0.0713. The van der Waals surface area contributed by atoms with Gasteiger partial charge in [0.05, 0.1) is 32.4 Å². The Hall–Kier alpha value is -2.76. The van der Waals surface area contributed by atoms with Crippen LogP contribution in [0.5, 0.6) is 17.2 Å². The highest BCUT2D eigenvalue weighted by molar-refractivity contribution is 5.98. The van der Waals surface area contributed by atoms with Crippen LogP contribution in [0.15, 0.2) is 29.1 Å². The van der Waals surface area contributed by atoms with Crippen LogP contribution >= 0.6 is 0 Å². The van der Waals surface area contributed by atoms with E-state index in [4.69, 9.17) is 14.2 Å². The number of H-pyrrole nitrogens is 1. The Balaban J connectivity index is 2.78. The fourth-order valence-corrected chi connectivity index (χ4v) is 2.40. The third kappa shape index (κ3) is 2.92. The van der Waals surface area contributed by atoms with E-state index in [1.165, 1.54) is 21.3 Å². The number of aromatic nitrogens is 1. The summed E-state index contributed by atoms with van der Waals surface area (Å²) in [4.78, 5) is 27.1. The van der Waals surface area contributed by atoms with Gasteiger partial charge in [0.15, 0.2) is 17.3 Å². The van der Waals surface area contributed by atoms with Crippen LogP contribution in [0.2, 0.25) is 0 Å². The Labute approximate surface area is 133 Å². The highest BCUT2D eigenvalue weighted by Crippen LogP contribution is 2.38. The number of carbonyl (C=O) groups is 1. The average molecular weight is 317 g/mol. The van der Waals surface area contributed by atoms with Crippen molar-refractivity contribution in [3.05, 3.63) is 40.2 Å². The van der Waals surface area contributed by atoms with E-state index in [1.54, 1.807) is 19.1 Å². The van der Waals surface area contributed by atoms with Crippen LogP contribution in [0.25, 0.3) is 10.9 Å². The molecule has 0 aliphatic carbocycles. The van der Waals surface area contributed by atoms with Gasteiger partial charge in [0, 0.05) is 11.8 Å². The lowest BCUT2D eigenvalue weighted by atomic mass is 10.0. The van der Waals surface area contributed by atoms with Crippen LogP contribution in [-0.4, -0.2) is 32.1 Å². The van der Waals surface area contributed by atoms with Crippen LogP contribution in [0.4, 0.5) is 0 Å². The molecule has 1 aromatic heterocycles. The molecule has 1 N–H and O–H groups in total. The van der Waals surface area contributed by atoms with Crippen molar-refractivity contribution < 1.29 is 19.0 Å². The van der Waals surface area contributed by atoms with E-state index in [2.05, 4.69) is 11.6 Å². The molecule has 2 aromatic rings. The van der Waals surface area contributed by atoms with Crippen molar-refractivity contribution in [1.82, 2.24) is 4.98 Å². The minimum atomic E-state index is -0.407. The number of benzene rings is 1. The quantitative estimate of drug-likeness (QED) is 0.827. The molecule has 0 saturated carbocycles. The predicted octanol–water partition coefficient (Wildman–Crippen LogP) is 2.24. The Morgan fingerprint density at radius 1 is 1.13 bits per heavy atom. The van der Waals surface area contributed by atoms with Gasteiger partial charge in [0.1, 0.15) is 5.75 Å². The Bertz CT molecular complexity index is 835. The van der Waals surface area contributed by atoms with E-state index in [0.717, 1.165) is 0 Å². The zero-order chi connectivity index (χ0) is 17.1. The number of methoxy groups -OCH3 is 3. The highest BCUT2D eigenvalue weighted by Gasteiger charge is 2.20. The smallest absolute Gasteiger partial charge is 0.255 e. The molecule has 0 bridgehead atoms. The number of fused-ring (bicyclic) bond motifs is 1. The first-order valence-corrected chi connectivity index (χ1v) is 6.97. The lowest BCUT2D eigenvalue weighted by Crippen LogP contribution is -2.19. The molecule has 0 spiro atoms. The first-order valence-electron chi connectivity index (χ1n) is 6.97. The molecule has 122 valence electrons. The Kier molecular flexibility index (Phi) is 4.74. The fraction of sp³-hybridized carbons (Fsp3) is 0.294. The van der Waals surface area contributed by atoms with E-state index in [0.29, 0.717) is 33.7 Å². The summed E-state index contributed by atoms with van der Waals surface area (Å²) in [5.41, 5.74) is 0.704. The molecule has 1 aromatic carbocycles. The largest absolute Gasteiger partial charge is 0.496 e. The van der Waals surface area contributed by atoms with Crippen LogP contribution in [0, 0.1) is 0 Å². The molecule has 0 radical (unpaired) electrons.